The second-order valence-electron chi connectivity index (χ2n) is 5.14. The maximum atomic E-state index is 5.69. The second kappa shape index (κ2) is 4.14. The highest BCUT2D eigenvalue weighted by atomic mass is 28.3. The molecular weight excluding hydrogens is 236 g/mol. The van der Waals surface area contributed by atoms with Crippen molar-refractivity contribution in [1.29, 1.82) is 0 Å². The summed E-state index contributed by atoms with van der Waals surface area (Å²) >= 11 is 0. The molecule has 0 bridgehead atoms. The van der Waals surface area contributed by atoms with E-state index < -0.39 is 8.07 Å². The molecule has 0 spiro atoms. The largest absolute Gasteiger partial charge is 0.464 e. The fourth-order valence-electron chi connectivity index (χ4n) is 2.47. The predicted octanol–water partition coefficient (Wildman–Crippen LogP) is 3.26. The lowest BCUT2D eigenvalue weighted by atomic mass is 10.3. The van der Waals surface area contributed by atoms with Gasteiger partial charge in [-0.1, -0.05) is 66.8 Å². The van der Waals surface area contributed by atoms with Crippen LogP contribution < -0.4 is 10.4 Å². The standard InChI is InChI=1S/C16H16OSi/c1-18(2,13-8-4-3-5-9-13)16-12-17-15-11-7-6-10-14(15)16/h3-12H,1-2H3. The van der Waals surface area contributed by atoms with Crippen LogP contribution >= 0.6 is 0 Å². The Balaban J connectivity index is 2.20. The molecule has 2 aromatic carbocycles. The van der Waals surface area contributed by atoms with Crippen molar-refractivity contribution in [3.8, 4) is 0 Å². The molecule has 0 atom stereocenters. The van der Waals surface area contributed by atoms with Crippen molar-refractivity contribution in [3.05, 3.63) is 60.9 Å². The minimum Gasteiger partial charge on any atom is -0.464 e. The molecule has 1 nitrogen and oxygen atoms in total. The molecule has 0 radical (unpaired) electrons. The van der Waals surface area contributed by atoms with Gasteiger partial charge in [0.1, 0.15) is 13.7 Å². The van der Waals surface area contributed by atoms with Crippen LogP contribution in [0.2, 0.25) is 13.1 Å². The van der Waals surface area contributed by atoms with E-state index in [1.165, 1.54) is 15.8 Å². The van der Waals surface area contributed by atoms with Crippen molar-refractivity contribution in [3.63, 3.8) is 0 Å². The topological polar surface area (TPSA) is 13.1 Å². The summed E-state index contributed by atoms with van der Waals surface area (Å²) in [6, 6.07) is 19.1. The number of fused-ring (bicyclic) bond motifs is 1. The Morgan fingerprint density at radius 2 is 1.50 bits per heavy atom. The fraction of sp³-hybridized carbons (Fsp3) is 0.125. The van der Waals surface area contributed by atoms with Gasteiger partial charge in [0.05, 0.1) is 6.26 Å². The first-order valence-electron chi connectivity index (χ1n) is 6.22. The summed E-state index contributed by atoms with van der Waals surface area (Å²) in [5.41, 5.74) is 0.990. The first-order chi connectivity index (χ1) is 8.69. The van der Waals surface area contributed by atoms with Gasteiger partial charge in [-0.25, -0.2) is 0 Å². The molecule has 3 aromatic rings. The van der Waals surface area contributed by atoms with Crippen molar-refractivity contribution in [2.24, 2.45) is 0 Å². The van der Waals surface area contributed by atoms with Gasteiger partial charge in [-0.05, 0) is 11.3 Å². The number of hydrogen-bond donors (Lipinski definition) is 0. The Labute approximate surface area is 108 Å². The summed E-state index contributed by atoms with van der Waals surface area (Å²) in [4.78, 5) is 0. The van der Waals surface area contributed by atoms with Crippen LogP contribution in [0.1, 0.15) is 0 Å². The van der Waals surface area contributed by atoms with Crippen molar-refractivity contribution in [2.45, 2.75) is 13.1 Å². The third-order valence-electron chi connectivity index (χ3n) is 3.65. The van der Waals surface area contributed by atoms with E-state index in [9.17, 15) is 0 Å². The normalized spacial score (nSPS) is 11.9. The summed E-state index contributed by atoms with van der Waals surface area (Å²) in [5, 5.41) is 4.08. The number of para-hydroxylation sites is 1. The van der Waals surface area contributed by atoms with E-state index in [1.807, 2.05) is 18.4 Å². The number of rotatable bonds is 2. The van der Waals surface area contributed by atoms with Crippen LogP contribution in [-0.4, -0.2) is 8.07 Å². The zero-order valence-corrected chi connectivity index (χ0v) is 11.7. The highest BCUT2D eigenvalue weighted by Gasteiger charge is 2.29. The lowest BCUT2D eigenvalue weighted by Gasteiger charge is -2.21. The Morgan fingerprint density at radius 1 is 0.833 bits per heavy atom. The van der Waals surface area contributed by atoms with Gasteiger partial charge < -0.3 is 4.42 Å². The maximum absolute atomic E-state index is 5.69. The molecule has 0 saturated heterocycles. The van der Waals surface area contributed by atoms with E-state index >= 15 is 0 Å². The Kier molecular flexibility index (Phi) is 2.60. The molecule has 1 aromatic heterocycles. The highest BCUT2D eigenvalue weighted by molar-refractivity contribution is 7.01. The molecule has 0 unspecified atom stereocenters. The zero-order chi connectivity index (χ0) is 12.6. The van der Waals surface area contributed by atoms with Crippen LogP contribution in [0.3, 0.4) is 0 Å². The lowest BCUT2D eigenvalue weighted by Crippen LogP contribution is -2.52. The van der Waals surface area contributed by atoms with Gasteiger partial charge in [0.2, 0.25) is 0 Å². The van der Waals surface area contributed by atoms with Crippen LogP contribution in [0, 0.1) is 0 Å². The van der Waals surface area contributed by atoms with Crippen LogP contribution in [0.4, 0.5) is 0 Å². The van der Waals surface area contributed by atoms with Gasteiger partial charge in [-0.3, -0.25) is 0 Å². The predicted molar refractivity (Wildman–Crippen MR) is 79.4 cm³/mol. The van der Waals surface area contributed by atoms with Crippen molar-refractivity contribution >= 4 is 29.4 Å². The van der Waals surface area contributed by atoms with Gasteiger partial charge in [-0.15, -0.1) is 0 Å². The molecule has 0 saturated carbocycles. The molecule has 90 valence electrons. The number of hydrogen-bond acceptors (Lipinski definition) is 1. The van der Waals surface area contributed by atoms with Crippen molar-refractivity contribution < 1.29 is 4.42 Å². The lowest BCUT2D eigenvalue weighted by molar-refractivity contribution is 0.618. The molecule has 2 heteroatoms. The Morgan fingerprint density at radius 3 is 2.28 bits per heavy atom. The molecule has 18 heavy (non-hydrogen) atoms. The zero-order valence-electron chi connectivity index (χ0n) is 10.7. The monoisotopic (exact) mass is 252 g/mol. The van der Waals surface area contributed by atoms with Gasteiger partial charge in [0, 0.05) is 5.39 Å². The summed E-state index contributed by atoms with van der Waals surface area (Å²) in [7, 11) is -1.66. The first kappa shape index (κ1) is 11.3. The molecule has 0 fully saturated rings. The van der Waals surface area contributed by atoms with Crippen LogP contribution in [-0.2, 0) is 0 Å². The van der Waals surface area contributed by atoms with E-state index in [1.54, 1.807) is 0 Å². The van der Waals surface area contributed by atoms with Crippen LogP contribution in [0.25, 0.3) is 11.0 Å². The number of furan rings is 1. The first-order valence-corrected chi connectivity index (χ1v) is 9.22. The second-order valence-corrected chi connectivity index (χ2v) is 9.50. The maximum Gasteiger partial charge on any atom is 0.133 e. The quantitative estimate of drug-likeness (QED) is 0.638. The highest BCUT2D eigenvalue weighted by Crippen LogP contribution is 2.17. The van der Waals surface area contributed by atoms with E-state index in [0.29, 0.717) is 0 Å². The van der Waals surface area contributed by atoms with Gasteiger partial charge in [-0.2, -0.15) is 0 Å². The molecule has 0 N–H and O–H groups in total. The molecule has 0 aliphatic heterocycles. The minimum atomic E-state index is -1.66. The van der Waals surface area contributed by atoms with Crippen molar-refractivity contribution in [2.75, 3.05) is 0 Å². The van der Waals surface area contributed by atoms with Crippen LogP contribution in [0.15, 0.2) is 65.3 Å². The minimum absolute atomic E-state index is 0.990. The summed E-state index contributed by atoms with van der Waals surface area (Å²) in [5.74, 6) is 0. The van der Waals surface area contributed by atoms with E-state index in [0.717, 1.165) is 5.58 Å². The molecule has 0 aliphatic rings. The molecule has 3 rings (SSSR count). The summed E-state index contributed by atoms with van der Waals surface area (Å²) in [6.07, 6.45) is 1.95. The third kappa shape index (κ3) is 1.69. The van der Waals surface area contributed by atoms with Gasteiger partial charge >= 0.3 is 0 Å². The molecule has 0 aliphatic carbocycles. The fourth-order valence-corrected chi connectivity index (χ4v) is 5.04. The van der Waals surface area contributed by atoms with Gasteiger partial charge in [0.15, 0.2) is 0 Å². The molecule has 1 heterocycles. The summed E-state index contributed by atoms with van der Waals surface area (Å²) in [6.45, 7) is 4.75. The Bertz CT molecular complexity index is 668. The number of benzene rings is 2. The van der Waals surface area contributed by atoms with Gasteiger partial charge in [0.25, 0.3) is 0 Å². The van der Waals surface area contributed by atoms with E-state index in [4.69, 9.17) is 4.42 Å². The average Bonchev–Trinajstić information content (AvgIpc) is 2.84. The van der Waals surface area contributed by atoms with E-state index in [-0.39, 0.29) is 0 Å². The molecular formula is C16H16OSi. The van der Waals surface area contributed by atoms with Crippen molar-refractivity contribution in [1.82, 2.24) is 0 Å². The smallest absolute Gasteiger partial charge is 0.133 e. The summed E-state index contributed by atoms with van der Waals surface area (Å²) < 4.78 is 5.69. The Hall–Kier alpha value is -1.80. The SMILES string of the molecule is C[Si](C)(c1ccccc1)c1coc2ccccc12. The van der Waals surface area contributed by atoms with E-state index in [2.05, 4.69) is 55.6 Å². The average molecular weight is 252 g/mol. The third-order valence-corrected chi connectivity index (χ3v) is 7.16. The van der Waals surface area contributed by atoms with Crippen LogP contribution in [0.5, 0.6) is 0 Å². The molecule has 0 amide bonds.